The fraction of sp³-hybridized carbons (Fsp3) is 0.550. The lowest BCUT2D eigenvalue weighted by molar-refractivity contribution is -0.134. The summed E-state index contributed by atoms with van der Waals surface area (Å²) in [6, 6.07) is 7.51. The van der Waals surface area contributed by atoms with Crippen molar-refractivity contribution in [3.63, 3.8) is 0 Å². The van der Waals surface area contributed by atoms with Crippen LogP contribution in [-0.4, -0.2) is 48.8 Å². The largest absolute Gasteiger partial charge is 0.352 e. The van der Waals surface area contributed by atoms with Gasteiger partial charge in [0.25, 0.3) is 5.91 Å². The fourth-order valence-corrected chi connectivity index (χ4v) is 2.37. The maximum Gasteiger partial charge on any atom is 0.251 e. The van der Waals surface area contributed by atoms with E-state index in [1.807, 2.05) is 26.0 Å². The lowest BCUT2D eigenvalue weighted by Crippen LogP contribution is -2.41. The SMILES string of the molecule is CC(C)NC(=O)CN(C)C(=O)CCNC(=O)c1ccc(C(C)(C)C)cc1. The Morgan fingerprint density at radius 2 is 1.65 bits per heavy atom. The number of benzene rings is 1. The van der Waals surface area contributed by atoms with Gasteiger partial charge in [0.05, 0.1) is 6.54 Å². The Morgan fingerprint density at radius 1 is 1.08 bits per heavy atom. The van der Waals surface area contributed by atoms with Gasteiger partial charge in [-0.15, -0.1) is 0 Å². The summed E-state index contributed by atoms with van der Waals surface area (Å²) in [5, 5.41) is 5.48. The van der Waals surface area contributed by atoms with E-state index in [0.29, 0.717) is 5.56 Å². The molecule has 0 radical (unpaired) electrons. The predicted molar refractivity (Wildman–Crippen MR) is 103 cm³/mol. The van der Waals surface area contributed by atoms with E-state index in [1.54, 1.807) is 19.2 Å². The molecule has 3 amide bonds. The Balaban J connectivity index is 2.43. The van der Waals surface area contributed by atoms with Crippen molar-refractivity contribution in [1.82, 2.24) is 15.5 Å². The smallest absolute Gasteiger partial charge is 0.251 e. The summed E-state index contributed by atoms with van der Waals surface area (Å²) in [7, 11) is 1.58. The Hall–Kier alpha value is -2.37. The first-order chi connectivity index (χ1) is 12.0. The number of likely N-dealkylation sites (N-methyl/N-ethyl adjacent to an activating group) is 1. The summed E-state index contributed by atoms with van der Waals surface area (Å²) in [6.07, 6.45) is 0.150. The molecule has 0 saturated heterocycles. The molecule has 0 atom stereocenters. The Kier molecular flexibility index (Phi) is 7.80. The number of hydrogen-bond donors (Lipinski definition) is 2. The van der Waals surface area contributed by atoms with Gasteiger partial charge in [-0.2, -0.15) is 0 Å². The van der Waals surface area contributed by atoms with Crippen LogP contribution in [-0.2, 0) is 15.0 Å². The minimum absolute atomic E-state index is 0.0131. The van der Waals surface area contributed by atoms with Crippen LogP contribution in [0.1, 0.15) is 57.0 Å². The molecule has 0 saturated carbocycles. The number of carbonyl (C=O) groups excluding carboxylic acids is 3. The molecule has 1 rings (SSSR count). The highest BCUT2D eigenvalue weighted by Gasteiger charge is 2.16. The van der Waals surface area contributed by atoms with Crippen molar-refractivity contribution in [3.05, 3.63) is 35.4 Å². The minimum Gasteiger partial charge on any atom is -0.352 e. The van der Waals surface area contributed by atoms with Crippen molar-refractivity contribution in [2.75, 3.05) is 20.1 Å². The summed E-state index contributed by atoms with van der Waals surface area (Å²) in [4.78, 5) is 37.2. The van der Waals surface area contributed by atoms with Gasteiger partial charge >= 0.3 is 0 Å². The second kappa shape index (κ2) is 9.36. The first-order valence-corrected chi connectivity index (χ1v) is 8.92. The van der Waals surface area contributed by atoms with Crippen LogP contribution in [0.4, 0.5) is 0 Å². The van der Waals surface area contributed by atoms with E-state index >= 15 is 0 Å². The van der Waals surface area contributed by atoms with Crippen molar-refractivity contribution in [2.45, 2.75) is 52.5 Å². The average Bonchev–Trinajstić information content (AvgIpc) is 2.52. The standard InChI is InChI=1S/C20H31N3O3/c1-14(2)22-17(24)13-23(6)18(25)11-12-21-19(26)15-7-9-16(10-8-15)20(3,4)5/h7-10,14H,11-13H2,1-6H3,(H,21,26)(H,22,24). The molecule has 0 aromatic heterocycles. The van der Waals surface area contributed by atoms with Crippen LogP contribution >= 0.6 is 0 Å². The monoisotopic (exact) mass is 361 g/mol. The maximum absolute atomic E-state index is 12.2. The molecule has 0 spiro atoms. The molecule has 0 aliphatic heterocycles. The van der Waals surface area contributed by atoms with E-state index in [9.17, 15) is 14.4 Å². The zero-order valence-electron chi connectivity index (χ0n) is 16.7. The molecule has 0 bridgehead atoms. The molecule has 1 aromatic rings. The highest BCUT2D eigenvalue weighted by atomic mass is 16.2. The Morgan fingerprint density at radius 3 is 2.15 bits per heavy atom. The fourth-order valence-electron chi connectivity index (χ4n) is 2.37. The summed E-state index contributed by atoms with van der Waals surface area (Å²) in [5.41, 5.74) is 1.76. The molecule has 0 heterocycles. The number of nitrogens with one attached hydrogen (secondary N) is 2. The molecule has 6 nitrogen and oxygen atoms in total. The Bertz CT molecular complexity index is 631. The van der Waals surface area contributed by atoms with E-state index in [1.165, 1.54) is 4.90 Å². The molecule has 6 heteroatoms. The van der Waals surface area contributed by atoms with Gasteiger partial charge in [0.1, 0.15) is 0 Å². The molecular weight excluding hydrogens is 330 g/mol. The van der Waals surface area contributed by atoms with Crippen LogP contribution in [0.25, 0.3) is 0 Å². The van der Waals surface area contributed by atoms with E-state index in [-0.39, 0.29) is 48.7 Å². The Labute approximate surface area is 156 Å². The van der Waals surface area contributed by atoms with Crippen LogP contribution in [0.15, 0.2) is 24.3 Å². The van der Waals surface area contributed by atoms with Gasteiger partial charge in [-0.3, -0.25) is 14.4 Å². The van der Waals surface area contributed by atoms with E-state index in [0.717, 1.165) is 5.56 Å². The second-order valence-electron chi connectivity index (χ2n) is 7.81. The van der Waals surface area contributed by atoms with Gasteiger partial charge in [0.15, 0.2) is 0 Å². The third-order valence-corrected chi connectivity index (χ3v) is 3.89. The summed E-state index contributed by atoms with van der Waals surface area (Å²) in [6.45, 7) is 10.3. The van der Waals surface area contributed by atoms with Gasteiger partial charge < -0.3 is 15.5 Å². The summed E-state index contributed by atoms with van der Waals surface area (Å²) < 4.78 is 0. The van der Waals surface area contributed by atoms with E-state index < -0.39 is 0 Å². The first kappa shape index (κ1) is 21.7. The molecule has 0 aliphatic rings. The molecule has 0 aliphatic carbocycles. The van der Waals surface area contributed by atoms with Gasteiger partial charge in [-0.25, -0.2) is 0 Å². The maximum atomic E-state index is 12.2. The molecule has 1 aromatic carbocycles. The van der Waals surface area contributed by atoms with Gasteiger partial charge in [-0.1, -0.05) is 32.9 Å². The van der Waals surface area contributed by atoms with E-state index in [4.69, 9.17) is 0 Å². The van der Waals surface area contributed by atoms with Crippen LogP contribution in [0.2, 0.25) is 0 Å². The normalized spacial score (nSPS) is 11.2. The van der Waals surface area contributed by atoms with Crippen LogP contribution in [0, 0.1) is 0 Å². The van der Waals surface area contributed by atoms with Crippen molar-refractivity contribution >= 4 is 17.7 Å². The minimum atomic E-state index is -0.210. The van der Waals surface area contributed by atoms with Crippen LogP contribution < -0.4 is 10.6 Å². The zero-order valence-corrected chi connectivity index (χ0v) is 16.7. The van der Waals surface area contributed by atoms with Crippen molar-refractivity contribution in [3.8, 4) is 0 Å². The number of hydrogen-bond acceptors (Lipinski definition) is 3. The van der Waals surface area contributed by atoms with Crippen LogP contribution in [0.5, 0.6) is 0 Å². The molecule has 26 heavy (non-hydrogen) atoms. The lowest BCUT2D eigenvalue weighted by atomic mass is 9.87. The highest BCUT2D eigenvalue weighted by Crippen LogP contribution is 2.22. The molecule has 2 N–H and O–H groups in total. The molecule has 0 fully saturated rings. The molecule has 144 valence electrons. The number of nitrogens with zero attached hydrogens (tertiary/aromatic N) is 1. The summed E-state index contributed by atoms with van der Waals surface area (Å²) >= 11 is 0. The third-order valence-electron chi connectivity index (χ3n) is 3.89. The highest BCUT2D eigenvalue weighted by molar-refractivity contribution is 5.94. The van der Waals surface area contributed by atoms with Gasteiger partial charge in [0, 0.05) is 31.6 Å². The van der Waals surface area contributed by atoms with Crippen molar-refractivity contribution in [2.24, 2.45) is 0 Å². The third kappa shape index (κ3) is 7.25. The van der Waals surface area contributed by atoms with Gasteiger partial charge in [-0.05, 0) is 37.0 Å². The molecule has 0 unspecified atom stereocenters. The number of amides is 3. The lowest BCUT2D eigenvalue weighted by Gasteiger charge is -2.19. The van der Waals surface area contributed by atoms with Crippen molar-refractivity contribution < 1.29 is 14.4 Å². The first-order valence-electron chi connectivity index (χ1n) is 8.92. The van der Waals surface area contributed by atoms with E-state index in [2.05, 4.69) is 31.4 Å². The number of carbonyl (C=O) groups is 3. The second-order valence-corrected chi connectivity index (χ2v) is 7.81. The predicted octanol–water partition coefficient (Wildman–Crippen LogP) is 2.09. The molecular formula is C20H31N3O3. The summed E-state index contributed by atoms with van der Waals surface area (Å²) in [5.74, 6) is -0.593. The average molecular weight is 361 g/mol. The van der Waals surface area contributed by atoms with Gasteiger partial charge in [0.2, 0.25) is 11.8 Å². The topological polar surface area (TPSA) is 78.5 Å². The van der Waals surface area contributed by atoms with Crippen LogP contribution in [0.3, 0.4) is 0 Å². The number of rotatable bonds is 7. The zero-order chi connectivity index (χ0) is 19.9. The quantitative estimate of drug-likeness (QED) is 0.780. The van der Waals surface area contributed by atoms with Crippen molar-refractivity contribution in [1.29, 1.82) is 0 Å².